The number of anilines is 1. The van der Waals surface area contributed by atoms with Crippen molar-refractivity contribution < 1.29 is 0 Å². The summed E-state index contributed by atoms with van der Waals surface area (Å²) in [5.74, 6) is 2.61. The highest BCUT2D eigenvalue weighted by atomic mass is 32.1. The van der Waals surface area contributed by atoms with Crippen molar-refractivity contribution in [2.45, 2.75) is 26.2 Å². The van der Waals surface area contributed by atoms with Crippen LogP contribution in [-0.4, -0.2) is 35.5 Å². The van der Waals surface area contributed by atoms with Crippen molar-refractivity contribution in [2.75, 3.05) is 31.1 Å². The average molecular weight is 252 g/mol. The van der Waals surface area contributed by atoms with Gasteiger partial charge >= 0.3 is 0 Å². The maximum absolute atomic E-state index is 4.70. The summed E-state index contributed by atoms with van der Waals surface area (Å²) < 4.78 is 4.50. The molecule has 17 heavy (non-hydrogen) atoms. The Hall–Kier alpha value is -0.680. The SMILES string of the molecule is CC(C)(C)c1nsc(N2C[C@H]3CNC[C@H]3C2)n1. The Morgan fingerprint density at radius 2 is 1.88 bits per heavy atom. The lowest BCUT2D eigenvalue weighted by Crippen LogP contribution is -2.25. The molecule has 0 radical (unpaired) electrons. The fourth-order valence-electron chi connectivity index (χ4n) is 2.66. The van der Waals surface area contributed by atoms with Gasteiger partial charge in [0.05, 0.1) is 0 Å². The number of aromatic nitrogens is 2. The minimum absolute atomic E-state index is 0.0614. The van der Waals surface area contributed by atoms with Gasteiger partial charge in [-0.1, -0.05) is 20.8 Å². The van der Waals surface area contributed by atoms with Gasteiger partial charge in [0.25, 0.3) is 0 Å². The minimum Gasteiger partial charge on any atom is -0.346 e. The van der Waals surface area contributed by atoms with Crippen molar-refractivity contribution in [1.29, 1.82) is 0 Å². The second-order valence-electron chi connectivity index (χ2n) is 6.23. The molecule has 2 aliphatic heterocycles. The van der Waals surface area contributed by atoms with Crippen LogP contribution in [0, 0.1) is 11.8 Å². The lowest BCUT2D eigenvalue weighted by molar-refractivity contribution is 0.533. The first-order valence-corrected chi connectivity index (χ1v) is 7.11. The first kappa shape index (κ1) is 11.4. The van der Waals surface area contributed by atoms with Gasteiger partial charge in [-0.15, -0.1) is 0 Å². The molecule has 0 saturated carbocycles. The van der Waals surface area contributed by atoms with Gasteiger partial charge in [-0.25, -0.2) is 4.98 Å². The second-order valence-corrected chi connectivity index (χ2v) is 6.96. The zero-order chi connectivity index (χ0) is 12.0. The van der Waals surface area contributed by atoms with E-state index in [0.717, 1.165) is 35.9 Å². The lowest BCUT2D eigenvalue weighted by Gasteiger charge is -2.16. The molecular weight excluding hydrogens is 232 g/mol. The van der Waals surface area contributed by atoms with E-state index in [1.165, 1.54) is 13.1 Å². The number of fused-ring (bicyclic) bond motifs is 1. The van der Waals surface area contributed by atoms with Crippen molar-refractivity contribution in [2.24, 2.45) is 11.8 Å². The molecule has 2 atom stereocenters. The summed E-state index contributed by atoms with van der Waals surface area (Å²) in [7, 11) is 0. The Balaban J connectivity index is 1.75. The molecule has 2 aliphatic rings. The Kier molecular flexibility index (Phi) is 2.63. The highest BCUT2D eigenvalue weighted by Gasteiger charge is 2.37. The molecule has 1 aromatic rings. The molecule has 0 amide bonds. The van der Waals surface area contributed by atoms with E-state index in [1.54, 1.807) is 11.5 Å². The fourth-order valence-corrected chi connectivity index (χ4v) is 3.53. The van der Waals surface area contributed by atoms with Gasteiger partial charge in [-0.3, -0.25) is 0 Å². The highest BCUT2D eigenvalue weighted by Crippen LogP contribution is 2.32. The predicted octanol–water partition coefficient (Wildman–Crippen LogP) is 1.49. The van der Waals surface area contributed by atoms with Gasteiger partial charge in [0.2, 0.25) is 5.13 Å². The summed E-state index contributed by atoms with van der Waals surface area (Å²) >= 11 is 1.56. The zero-order valence-corrected chi connectivity index (χ0v) is 11.5. The molecule has 0 spiro atoms. The molecule has 0 bridgehead atoms. The van der Waals surface area contributed by atoms with Crippen LogP contribution in [0.15, 0.2) is 0 Å². The normalized spacial score (nSPS) is 28.8. The maximum atomic E-state index is 4.70. The van der Waals surface area contributed by atoms with Crippen LogP contribution in [0.4, 0.5) is 5.13 Å². The third-order valence-corrected chi connectivity index (χ3v) is 4.52. The van der Waals surface area contributed by atoms with Crippen molar-refractivity contribution in [1.82, 2.24) is 14.7 Å². The van der Waals surface area contributed by atoms with Gasteiger partial charge in [-0.2, -0.15) is 4.37 Å². The topological polar surface area (TPSA) is 41.1 Å². The summed E-state index contributed by atoms with van der Waals surface area (Å²) in [6.07, 6.45) is 0. The number of nitrogens with one attached hydrogen (secondary N) is 1. The Morgan fingerprint density at radius 1 is 1.24 bits per heavy atom. The molecule has 94 valence electrons. The number of rotatable bonds is 1. The second kappa shape index (κ2) is 3.92. The maximum Gasteiger partial charge on any atom is 0.205 e. The number of hydrogen-bond acceptors (Lipinski definition) is 5. The zero-order valence-electron chi connectivity index (χ0n) is 10.7. The molecule has 2 saturated heterocycles. The van der Waals surface area contributed by atoms with Crippen LogP contribution in [0.3, 0.4) is 0 Å². The summed E-state index contributed by atoms with van der Waals surface area (Å²) in [6, 6.07) is 0. The van der Waals surface area contributed by atoms with E-state index >= 15 is 0 Å². The van der Waals surface area contributed by atoms with Gasteiger partial charge in [-0.05, 0) is 11.8 Å². The molecule has 0 aliphatic carbocycles. The fraction of sp³-hybridized carbons (Fsp3) is 0.833. The van der Waals surface area contributed by atoms with Gasteiger partial charge < -0.3 is 10.2 Å². The van der Waals surface area contributed by atoms with Crippen LogP contribution >= 0.6 is 11.5 Å². The largest absolute Gasteiger partial charge is 0.346 e. The molecule has 0 aromatic carbocycles. The smallest absolute Gasteiger partial charge is 0.205 e. The standard InChI is InChI=1S/C12H20N4S/c1-12(2,3)10-14-11(17-15-10)16-6-8-4-13-5-9(8)7-16/h8-9,13H,4-7H2,1-3H3/t8-,9+. The summed E-state index contributed by atoms with van der Waals surface area (Å²) in [4.78, 5) is 7.12. The van der Waals surface area contributed by atoms with Crippen molar-refractivity contribution in [3.63, 3.8) is 0 Å². The molecule has 1 aromatic heterocycles. The van der Waals surface area contributed by atoms with Crippen LogP contribution in [-0.2, 0) is 5.41 Å². The van der Waals surface area contributed by atoms with E-state index in [2.05, 4.69) is 35.4 Å². The van der Waals surface area contributed by atoms with Crippen LogP contribution in [0.1, 0.15) is 26.6 Å². The summed E-state index contributed by atoms with van der Waals surface area (Å²) in [5, 5.41) is 4.58. The first-order valence-electron chi connectivity index (χ1n) is 6.34. The van der Waals surface area contributed by atoms with Crippen molar-refractivity contribution >= 4 is 16.7 Å². The van der Waals surface area contributed by atoms with E-state index in [9.17, 15) is 0 Å². The Labute approximate surface area is 107 Å². The van der Waals surface area contributed by atoms with Crippen LogP contribution in [0.25, 0.3) is 0 Å². The van der Waals surface area contributed by atoms with E-state index in [4.69, 9.17) is 4.98 Å². The average Bonchev–Trinajstić information content (AvgIpc) is 2.90. The molecule has 3 heterocycles. The van der Waals surface area contributed by atoms with E-state index in [1.807, 2.05) is 0 Å². The molecule has 0 unspecified atom stereocenters. The summed E-state index contributed by atoms with van der Waals surface area (Å²) in [6.45, 7) is 11.1. The monoisotopic (exact) mass is 252 g/mol. The van der Waals surface area contributed by atoms with Crippen molar-refractivity contribution in [3.8, 4) is 0 Å². The third kappa shape index (κ3) is 2.06. The van der Waals surface area contributed by atoms with E-state index < -0.39 is 0 Å². The van der Waals surface area contributed by atoms with Crippen LogP contribution in [0.2, 0.25) is 0 Å². The molecule has 5 heteroatoms. The number of nitrogens with zero attached hydrogens (tertiary/aromatic N) is 3. The highest BCUT2D eigenvalue weighted by molar-refractivity contribution is 7.09. The lowest BCUT2D eigenvalue weighted by atomic mass is 9.96. The Morgan fingerprint density at radius 3 is 2.41 bits per heavy atom. The van der Waals surface area contributed by atoms with Gasteiger partial charge in [0, 0.05) is 43.1 Å². The third-order valence-electron chi connectivity index (χ3n) is 3.75. The summed E-state index contributed by atoms with van der Waals surface area (Å²) in [5.41, 5.74) is 0.0614. The van der Waals surface area contributed by atoms with E-state index in [0.29, 0.717) is 0 Å². The van der Waals surface area contributed by atoms with Crippen molar-refractivity contribution in [3.05, 3.63) is 5.82 Å². The molecule has 1 N–H and O–H groups in total. The van der Waals surface area contributed by atoms with Crippen LogP contribution in [0.5, 0.6) is 0 Å². The molecule has 2 fully saturated rings. The number of hydrogen-bond donors (Lipinski definition) is 1. The molecular formula is C12H20N4S. The first-order chi connectivity index (χ1) is 8.04. The van der Waals surface area contributed by atoms with Gasteiger partial charge in [0.15, 0.2) is 0 Å². The van der Waals surface area contributed by atoms with Crippen LogP contribution < -0.4 is 10.2 Å². The van der Waals surface area contributed by atoms with E-state index in [-0.39, 0.29) is 5.41 Å². The van der Waals surface area contributed by atoms with Gasteiger partial charge in [0.1, 0.15) is 5.82 Å². The minimum atomic E-state index is 0.0614. The predicted molar refractivity (Wildman–Crippen MR) is 70.7 cm³/mol. The molecule has 4 nitrogen and oxygen atoms in total. The quantitative estimate of drug-likeness (QED) is 0.822. The molecule has 3 rings (SSSR count). The Bertz CT molecular complexity index is 397.